The lowest BCUT2D eigenvalue weighted by atomic mass is 9.99. The normalized spacial score (nSPS) is 13.8. The third-order valence-corrected chi connectivity index (χ3v) is 4.54. The highest BCUT2D eigenvalue weighted by Gasteiger charge is 2.26. The molecule has 1 aliphatic heterocycles. The van der Waals surface area contributed by atoms with Crippen LogP contribution in [0, 0.1) is 6.92 Å². The van der Waals surface area contributed by atoms with E-state index in [4.69, 9.17) is 9.15 Å². The summed E-state index contributed by atoms with van der Waals surface area (Å²) in [5, 5.41) is 0.874. The zero-order valence-electron chi connectivity index (χ0n) is 13.8. The number of methoxy groups -OCH3 is 1. The van der Waals surface area contributed by atoms with E-state index < -0.39 is 0 Å². The van der Waals surface area contributed by atoms with Gasteiger partial charge in [0.05, 0.1) is 7.11 Å². The molecule has 0 saturated carbocycles. The van der Waals surface area contributed by atoms with Crippen LogP contribution in [0.4, 0.5) is 5.69 Å². The molecule has 4 rings (SSSR count). The lowest BCUT2D eigenvalue weighted by Gasteiger charge is -2.29. The van der Waals surface area contributed by atoms with Crippen LogP contribution in [0.5, 0.6) is 5.75 Å². The smallest absolute Gasteiger partial charge is 0.294 e. The van der Waals surface area contributed by atoms with E-state index >= 15 is 0 Å². The molecule has 24 heavy (non-hydrogen) atoms. The molecule has 122 valence electrons. The largest absolute Gasteiger partial charge is 0.493 e. The van der Waals surface area contributed by atoms with E-state index in [9.17, 15) is 4.79 Å². The molecule has 1 amide bonds. The zero-order valence-corrected chi connectivity index (χ0v) is 13.8. The van der Waals surface area contributed by atoms with E-state index in [2.05, 4.69) is 13.0 Å². The van der Waals surface area contributed by atoms with Gasteiger partial charge in [-0.3, -0.25) is 4.79 Å². The molecule has 2 heterocycles. The molecular formula is C20H19NO3. The fourth-order valence-electron chi connectivity index (χ4n) is 3.37. The summed E-state index contributed by atoms with van der Waals surface area (Å²) in [6.07, 6.45) is 1.97. The van der Waals surface area contributed by atoms with Crippen molar-refractivity contribution in [1.82, 2.24) is 0 Å². The molecular weight excluding hydrogens is 302 g/mol. The Labute approximate surface area is 140 Å². The third kappa shape index (κ3) is 2.35. The summed E-state index contributed by atoms with van der Waals surface area (Å²) >= 11 is 0. The number of hydrogen-bond acceptors (Lipinski definition) is 3. The van der Waals surface area contributed by atoms with Crippen molar-refractivity contribution in [2.45, 2.75) is 19.8 Å². The van der Waals surface area contributed by atoms with Crippen molar-refractivity contribution in [3.8, 4) is 5.75 Å². The molecule has 2 aromatic carbocycles. The maximum Gasteiger partial charge on any atom is 0.294 e. The Bertz CT molecular complexity index is 926. The quantitative estimate of drug-likeness (QED) is 0.705. The Morgan fingerprint density at radius 2 is 2.08 bits per heavy atom. The van der Waals surface area contributed by atoms with E-state index in [-0.39, 0.29) is 5.91 Å². The number of para-hydroxylation sites is 1. The van der Waals surface area contributed by atoms with E-state index in [0.29, 0.717) is 23.6 Å². The highest BCUT2D eigenvalue weighted by molar-refractivity contribution is 6.07. The average Bonchev–Trinajstić information content (AvgIpc) is 3.04. The summed E-state index contributed by atoms with van der Waals surface area (Å²) in [6, 6.07) is 13.7. The van der Waals surface area contributed by atoms with Crippen molar-refractivity contribution in [3.05, 3.63) is 59.4 Å². The molecule has 0 bridgehead atoms. The fourth-order valence-corrected chi connectivity index (χ4v) is 3.37. The number of rotatable bonds is 2. The standard InChI is InChI=1S/C20H19NO3/c1-13-8-9-16-14(11-13)6-4-10-21(16)20(22)18-12-15-5-3-7-17(23-2)19(15)24-18/h3,5,7-9,11-12H,4,6,10H2,1-2H3. The molecule has 3 aromatic rings. The van der Waals surface area contributed by atoms with Crippen molar-refractivity contribution in [1.29, 1.82) is 0 Å². The first-order chi connectivity index (χ1) is 11.7. The molecule has 0 fully saturated rings. The maximum absolute atomic E-state index is 13.0. The van der Waals surface area contributed by atoms with Crippen LogP contribution >= 0.6 is 0 Å². The molecule has 0 unspecified atom stereocenters. The molecule has 4 heteroatoms. The molecule has 0 radical (unpaired) electrons. The third-order valence-electron chi connectivity index (χ3n) is 4.54. The first-order valence-corrected chi connectivity index (χ1v) is 8.15. The van der Waals surface area contributed by atoms with Gasteiger partial charge in [-0.05, 0) is 43.5 Å². The number of carbonyl (C=O) groups is 1. The van der Waals surface area contributed by atoms with Crippen LogP contribution in [0.1, 0.15) is 28.1 Å². The van der Waals surface area contributed by atoms with Gasteiger partial charge < -0.3 is 14.1 Å². The Morgan fingerprint density at radius 1 is 1.21 bits per heavy atom. The van der Waals surface area contributed by atoms with Gasteiger partial charge in [-0.25, -0.2) is 0 Å². The number of anilines is 1. The lowest BCUT2D eigenvalue weighted by molar-refractivity contribution is 0.0960. The number of furan rings is 1. The van der Waals surface area contributed by atoms with Crippen LogP contribution in [-0.4, -0.2) is 19.6 Å². The van der Waals surface area contributed by atoms with Crippen LogP contribution in [0.15, 0.2) is 46.9 Å². The molecule has 0 spiro atoms. The predicted molar refractivity (Wildman–Crippen MR) is 93.9 cm³/mol. The van der Waals surface area contributed by atoms with E-state index in [1.54, 1.807) is 13.2 Å². The Hall–Kier alpha value is -2.75. The van der Waals surface area contributed by atoms with E-state index in [0.717, 1.165) is 23.9 Å². The molecule has 0 saturated heterocycles. The first-order valence-electron chi connectivity index (χ1n) is 8.15. The molecule has 0 N–H and O–H groups in total. The van der Waals surface area contributed by atoms with Crippen molar-refractivity contribution >= 4 is 22.6 Å². The molecule has 0 aliphatic carbocycles. The summed E-state index contributed by atoms with van der Waals surface area (Å²) in [6.45, 7) is 2.79. The van der Waals surface area contributed by atoms with Gasteiger partial charge in [0.1, 0.15) is 0 Å². The lowest BCUT2D eigenvalue weighted by Crippen LogP contribution is -2.35. The maximum atomic E-state index is 13.0. The van der Waals surface area contributed by atoms with Crippen LogP contribution in [0.25, 0.3) is 11.0 Å². The number of amides is 1. The van der Waals surface area contributed by atoms with Gasteiger partial charge in [-0.15, -0.1) is 0 Å². The van der Waals surface area contributed by atoms with Gasteiger partial charge in [0, 0.05) is 17.6 Å². The van der Waals surface area contributed by atoms with Crippen LogP contribution in [0.3, 0.4) is 0 Å². The molecule has 1 aromatic heterocycles. The van der Waals surface area contributed by atoms with Gasteiger partial charge in [-0.2, -0.15) is 0 Å². The van der Waals surface area contributed by atoms with Crippen molar-refractivity contribution in [3.63, 3.8) is 0 Å². The topological polar surface area (TPSA) is 42.7 Å². The Morgan fingerprint density at radius 3 is 2.92 bits per heavy atom. The summed E-state index contributed by atoms with van der Waals surface area (Å²) in [4.78, 5) is 14.8. The van der Waals surface area contributed by atoms with Crippen molar-refractivity contribution in [2.75, 3.05) is 18.6 Å². The first kappa shape index (κ1) is 14.8. The fraction of sp³-hybridized carbons (Fsp3) is 0.250. The van der Waals surface area contributed by atoms with Gasteiger partial charge in [0.25, 0.3) is 5.91 Å². The number of nitrogens with zero attached hydrogens (tertiary/aromatic N) is 1. The van der Waals surface area contributed by atoms with Gasteiger partial charge in [-0.1, -0.05) is 29.8 Å². The van der Waals surface area contributed by atoms with Crippen molar-refractivity contribution in [2.24, 2.45) is 0 Å². The van der Waals surface area contributed by atoms with E-state index in [1.807, 2.05) is 35.2 Å². The second-order valence-corrected chi connectivity index (χ2v) is 6.18. The van der Waals surface area contributed by atoms with Crippen molar-refractivity contribution < 1.29 is 13.9 Å². The van der Waals surface area contributed by atoms with Gasteiger partial charge >= 0.3 is 0 Å². The highest BCUT2D eigenvalue weighted by Crippen LogP contribution is 2.32. The van der Waals surface area contributed by atoms with E-state index in [1.165, 1.54) is 11.1 Å². The second-order valence-electron chi connectivity index (χ2n) is 6.18. The minimum absolute atomic E-state index is 0.0990. The predicted octanol–water partition coefficient (Wildman–Crippen LogP) is 4.34. The Balaban J connectivity index is 1.75. The monoisotopic (exact) mass is 321 g/mol. The molecule has 1 aliphatic rings. The summed E-state index contributed by atoms with van der Waals surface area (Å²) in [5.74, 6) is 0.891. The number of fused-ring (bicyclic) bond motifs is 2. The van der Waals surface area contributed by atoms with Crippen LogP contribution in [0.2, 0.25) is 0 Å². The summed E-state index contributed by atoms with van der Waals surface area (Å²) < 4.78 is 11.1. The summed E-state index contributed by atoms with van der Waals surface area (Å²) in [7, 11) is 1.60. The Kier molecular flexibility index (Phi) is 3.53. The minimum Gasteiger partial charge on any atom is -0.493 e. The number of aryl methyl sites for hydroxylation is 2. The number of benzene rings is 2. The van der Waals surface area contributed by atoms with Gasteiger partial charge in [0.15, 0.2) is 17.1 Å². The van der Waals surface area contributed by atoms with Crippen LogP contribution < -0.4 is 9.64 Å². The minimum atomic E-state index is -0.0990. The average molecular weight is 321 g/mol. The zero-order chi connectivity index (χ0) is 16.7. The molecule has 0 atom stereocenters. The number of carbonyl (C=O) groups excluding carboxylic acids is 1. The number of ether oxygens (including phenoxy) is 1. The van der Waals surface area contributed by atoms with Gasteiger partial charge in [0.2, 0.25) is 0 Å². The summed E-state index contributed by atoms with van der Waals surface area (Å²) in [5.41, 5.74) is 4.05. The number of hydrogen-bond donors (Lipinski definition) is 0. The highest BCUT2D eigenvalue weighted by atomic mass is 16.5. The van der Waals surface area contributed by atoms with Crippen LogP contribution in [-0.2, 0) is 6.42 Å². The second kappa shape index (κ2) is 5.71. The SMILES string of the molecule is COc1cccc2cc(C(=O)N3CCCc4cc(C)ccc43)oc12. The molecule has 4 nitrogen and oxygen atoms in total.